The van der Waals surface area contributed by atoms with E-state index >= 15 is 0 Å². The number of rotatable bonds is 6. The van der Waals surface area contributed by atoms with Crippen molar-refractivity contribution in [1.82, 2.24) is 0 Å². The van der Waals surface area contributed by atoms with Crippen molar-refractivity contribution in [2.45, 2.75) is 40.2 Å². The molecule has 6 rings (SSSR count). The fraction of sp³-hybridized carbons (Fsp3) is 0.179. The lowest BCUT2D eigenvalue weighted by Gasteiger charge is -2.30. The van der Waals surface area contributed by atoms with Crippen LogP contribution in [0.2, 0.25) is 0 Å². The van der Waals surface area contributed by atoms with E-state index in [-0.39, 0.29) is 29.3 Å². The molecule has 0 aromatic heterocycles. The Morgan fingerprint density at radius 2 is 1.47 bits per heavy atom. The third-order valence-corrected chi connectivity index (χ3v) is 8.38. The lowest BCUT2D eigenvalue weighted by atomic mass is 9.75. The summed E-state index contributed by atoms with van der Waals surface area (Å²) in [5.41, 5.74) is 5.22. The summed E-state index contributed by atoms with van der Waals surface area (Å²) in [6.07, 6.45) is 11.2. The second kappa shape index (κ2) is 11.1. The zero-order chi connectivity index (χ0) is 30.3. The van der Waals surface area contributed by atoms with E-state index in [1.165, 1.54) is 0 Å². The summed E-state index contributed by atoms with van der Waals surface area (Å²) >= 11 is 0. The van der Waals surface area contributed by atoms with Crippen LogP contribution < -0.4 is 0 Å². The largest absolute Gasteiger partial charge is 0.507 e. The van der Waals surface area contributed by atoms with Gasteiger partial charge in [0.25, 0.3) is 0 Å². The number of fused-ring (bicyclic) bond motifs is 3. The molecule has 0 saturated carbocycles. The molecule has 0 radical (unpaired) electrons. The minimum atomic E-state index is -0.205. The van der Waals surface area contributed by atoms with Crippen molar-refractivity contribution < 1.29 is 19.8 Å². The molecule has 4 nitrogen and oxygen atoms in total. The van der Waals surface area contributed by atoms with E-state index in [4.69, 9.17) is 0 Å². The van der Waals surface area contributed by atoms with E-state index < -0.39 is 0 Å². The van der Waals surface area contributed by atoms with Crippen molar-refractivity contribution in [3.63, 3.8) is 0 Å². The summed E-state index contributed by atoms with van der Waals surface area (Å²) in [6.45, 7) is 5.99. The molecule has 0 spiro atoms. The van der Waals surface area contributed by atoms with Gasteiger partial charge in [-0.3, -0.25) is 9.59 Å². The summed E-state index contributed by atoms with van der Waals surface area (Å²) in [6, 6.07) is 23.1. The van der Waals surface area contributed by atoms with Crippen molar-refractivity contribution in [2.75, 3.05) is 0 Å². The highest BCUT2D eigenvalue weighted by Crippen LogP contribution is 2.40. The minimum Gasteiger partial charge on any atom is -0.507 e. The van der Waals surface area contributed by atoms with Crippen LogP contribution in [0.15, 0.2) is 125 Å². The van der Waals surface area contributed by atoms with E-state index in [1.54, 1.807) is 13.0 Å². The molecular weight excluding hydrogens is 532 g/mol. The Balaban J connectivity index is 1.27. The zero-order valence-corrected chi connectivity index (χ0v) is 24.6. The molecule has 2 aliphatic rings. The molecule has 43 heavy (non-hydrogen) atoms. The first-order chi connectivity index (χ1) is 20.6. The molecule has 2 N–H and O–H groups in total. The quantitative estimate of drug-likeness (QED) is 0.180. The number of hydrogen-bond acceptors (Lipinski definition) is 4. The van der Waals surface area contributed by atoms with Crippen LogP contribution >= 0.6 is 0 Å². The Hall–Kier alpha value is -4.80. The number of Topliss-reactive ketones (excluding diaryl/α,β-unsaturated/α-hetero) is 2. The molecule has 0 amide bonds. The number of benzene rings is 4. The maximum atomic E-state index is 13.4. The molecule has 0 aliphatic heterocycles. The maximum Gasteiger partial charge on any atom is 0.197 e. The SMILES string of the molecule is C/C(=C\C=C1C=C(/C=C/C2=C(O)c3cc4ccccc4cc3C2=O)CC(C)(C)C\1)C(=O)c1cc2ccccc2cc1CO. The van der Waals surface area contributed by atoms with Gasteiger partial charge < -0.3 is 10.2 Å². The van der Waals surface area contributed by atoms with Gasteiger partial charge in [-0.2, -0.15) is 0 Å². The fourth-order valence-corrected chi connectivity index (χ4v) is 6.24. The zero-order valence-electron chi connectivity index (χ0n) is 24.6. The first-order valence-electron chi connectivity index (χ1n) is 14.6. The molecule has 0 heterocycles. The lowest BCUT2D eigenvalue weighted by molar-refractivity contribution is 0.102. The predicted molar refractivity (Wildman–Crippen MR) is 174 cm³/mol. The van der Waals surface area contributed by atoms with E-state index in [9.17, 15) is 19.8 Å². The first-order valence-corrected chi connectivity index (χ1v) is 14.6. The average Bonchev–Trinajstić information content (AvgIpc) is 3.23. The van der Waals surface area contributed by atoms with Crippen LogP contribution in [0.25, 0.3) is 27.3 Å². The van der Waals surface area contributed by atoms with Gasteiger partial charge in [-0.25, -0.2) is 0 Å². The van der Waals surface area contributed by atoms with Gasteiger partial charge in [0.15, 0.2) is 11.6 Å². The lowest BCUT2D eigenvalue weighted by Crippen LogP contribution is -2.16. The summed E-state index contributed by atoms with van der Waals surface area (Å²) < 4.78 is 0. The Morgan fingerprint density at radius 3 is 2.12 bits per heavy atom. The van der Waals surface area contributed by atoms with Crippen LogP contribution in [0.3, 0.4) is 0 Å². The standard InChI is InChI=1S/C39H34O4/c1-24(36(41)33-18-28-9-5-4-8-27(28)17-31(33)23-40)12-13-25-16-26(22-39(2,3)21-25)14-15-32-37(42)34-19-29-10-6-7-11-30(29)20-35(34)38(32)43/h4-20,40,42H,21-23H2,1-3H3/b15-14+,24-12+,25-13-. The van der Waals surface area contributed by atoms with Gasteiger partial charge in [-0.15, -0.1) is 0 Å². The summed E-state index contributed by atoms with van der Waals surface area (Å²) in [4.78, 5) is 26.7. The number of allylic oxidation sites excluding steroid dienone is 9. The van der Waals surface area contributed by atoms with Gasteiger partial charge >= 0.3 is 0 Å². The second-order valence-electron chi connectivity index (χ2n) is 12.3. The molecule has 2 aliphatic carbocycles. The van der Waals surface area contributed by atoms with Crippen molar-refractivity contribution in [2.24, 2.45) is 5.41 Å². The highest BCUT2D eigenvalue weighted by molar-refractivity contribution is 6.22. The predicted octanol–water partition coefficient (Wildman–Crippen LogP) is 9.01. The van der Waals surface area contributed by atoms with E-state index in [0.717, 1.165) is 45.5 Å². The third kappa shape index (κ3) is 5.54. The molecule has 0 fully saturated rings. The molecule has 0 saturated heterocycles. The van der Waals surface area contributed by atoms with Crippen molar-refractivity contribution in [1.29, 1.82) is 0 Å². The number of hydrogen-bond donors (Lipinski definition) is 2. The van der Waals surface area contributed by atoms with Crippen LogP contribution in [0, 0.1) is 5.41 Å². The molecule has 4 aromatic rings. The Morgan fingerprint density at radius 1 is 0.860 bits per heavy atom. The van der Waals surface area contributed by atoms with Gasteiger partial charge in [0.05, 0.1) is 12.2 Å². The second-order valence-corrected chi connectivity index (χ2v) is 12.3. The molecule has 0 atom stereocenters. The highest BCUT2D eigenvalue weighted by atomic mass is 16.3. The molecular formula is C39H34O4. The van der Waals surface area contributed by atoms with Gasteiger partial charge in [-0.05, 0) is 99.3 Å². The smallest absolute Gasteiger partial charge is 0.197 e. The van der Waals surface area contributed by atoms with E-state index in [0.29, 0.717) is 33.4 Å². The van der Waals surface area contributed by atoms with Gasteiger partial charge in [0.2, 0.25) is 0 Å². The van der Waals surface area contributed by atoms with Crippen LogP contribution in [-0.4, -0.2) is 21.8 Å². The number of carbonyl (C=O) groups excluding carboxylic acids is 2. The molecule has 0 unspecified atom stereocenters. The average molecular weight is 567 g/mol. The Labute approximate surface area is 251 Å². The molecule has 0 bridgehead atoms. The minimum absolute atomic E-state index is 0.0152. The summed E-state index contributed by atoms with van der Waals surface area (Å²) in [5.74, 6) is -0.268. The summed E-state index contributed by atoms with van der Waals surface area (Å²) in [5, 5.41) is 24.8. The maximum absolute atomic E-state index is 13.4. The van der Waals surface area contributed by atoms with Crippen molar-refractivity contribution in [3.05, 3.63) is 148 Å². The van der Waals surface area contributed by atoms with Crippen LogP contribution in [0.5, 0.6) is 0 Å². The van der Waals surface area contributed by atoms with Crippen molar-refractivity contribution in [3.8, 4) is 0 Å². The molecule has 4 heteroatoms. The topological polar surface area (TPSA) is 74.6 Å². The van der Waals surface area contributed by atoms with Crippen LogP contribution in [0.1, 0.15) is 65.5 Å². The monoisotopic (exact) mass is 566 g/mol. The van der Waals surface area contributed by atoms with Gasteiger partial charge in [0, 0.05) is 16.7 Å². The summed E-state index contributed by atoms with van der Waals surface area (Å²) in [7, 11) is 0. The third-order valence-electron chi connectivity index (χ3n) is 8.38. The van der Waals surface area contributed by atoms with Crippen LogP contribution in [0.4, 0.5) is 0 Å². The number of aliphatic hydroxyl groups is 2. The molecule has 214 valence electrons. The first kappa shape index (κ1) is 28.3. The molecule has 4 aromatic carbocycles. The van der Waals surface area contributed by atoms with E-state index in [1.807, 2.05) is 91.0 Å². The fourth-order valence-electron chi connectivity index (χ4n) is 6.24. The number of carbonyl (C=O) groups is 2. The van der Waals surface area contributed by atoms with Crippen LogP contribution in [-0.2, 0) is 6.61 Å². The number of aliphatic hydroxyl groups excluding tert-OH is 2. The Kier molecular flexibility index (Phi) is 7.33. The van der Waals surface area contributed by atoms with Gasteiger partial charge in [-0.1, -0.05) is 86.7 Å². The van der Waals surface area contributed by atoms with Gasteiger partial charge in [0.1, 0.15) is 5.76 Å². The van der Waals surface area contributed by atoms with E-state index in [2.05, 4.69) is 19.9 Å². The van der Waals surface area contributed by atoms with Crippen molar-refractivity contribution >= 4 is 38.9 Å². The Bertz CT molecular complexity index is 1980. The highest BCUT2D eigenvalue weighted by Gasteiger charge is 2.29. The number of ketones is 2. The normalized spacial score (nSPS) is 17.8.